The van der Waals surface area contributed by atoms with E-state index in [4.69, 9.17) is 4.98 Å². The Morgan fingerprint density at radius 2 is 1.78 bits per heavy atom. The molecule has 2 unspecified atom stereocenters. The van der Waals surface area contributed by atoms with Gasteiger partial charge in [0.25, 0.3) is 0 Å². The summed E-state index contributed by atoms with van der Waals surface area (Å²) in [4.78, 5) is 22.5. The van der Waals surface area contributed by atoms with Gasteiger partial charge in [-0.2, -0.15) is 0 Å². The predicted octanol–water partition coefficient (Wildman–Crippen LogP) is 4.93. The Kier molecular flexibility index (Phi) is 6.42. The summed E-state index contributed by atoms with van der Waals surface area (Å²) >= 11 is 0. The number of aromatic amines is 1. The molecule has 192 valence electrons. The van der Waals surface area contributed by atoms with Gasteiger partial charge in [-0.15, -0.1) is 0 Å². The van der Waals surface area contributed by atoms with Crippen molar-refractivity contribution in [2.45, 2.75) is 51.1 Å². The van der Waals surface area contributed by atoms with Gasteiger partial charge in [-0.05, 0) is 48.6 Å². The average Bonchev–Trinajstić information content (AvgIpc) is 3.60. The Morgan fingerprint density at radius 1 is 0.973 bits per heavy atom. The smallest absolute Gasteiger partial charge is 0.138 e. The van der Waals surface area contributed by atoms with Crippen LogP contribution in [0, 0.1) is 0 Å². The number of anilines is 1. The Bertz CT molecular complexity index is 1330. The maximum atomic E-state index is 4.95. The van der Waals surface area contributed by atoms with Crippen LogP contribution in [0.4, 0.5) is 5.69 Å². The van der Waals surface area contributed by atoms with E-state index in [2.05, 4.69) is 99.4 Å². The monoisotopic (exact) mass is 495 g/mol. The lowest BCUT2D eigenvalue weighted by atomic mass is 9.87. The van der Waals surface area contributed by atoms with Crippen molar-refractivity contribution >= 4 is 16.7 Å². The fourth-order valence-electron chi connectivity index (χ4n) is 5.89. The number of fused-ring (bicyclic) bond motifs is 1. The summed E-state index contributed by atoms with van der Waals surface area (Å²) in [7, 11) is 0. The van der Waals surface area contributed by atoms with Crippen LogP contribution in [0.25, 0.3) is 22.4 Å². The highest BCUT2D eigenvalue weighted by molar-refractivity contribution is 5.91. The van der Waals surface area contributed by atoms with Crippen LogP contribution in [0.5, 0.6) is 0 Å². The van der Waals surface area contributed by atoms with Gasteiger partial charge in [0.1, 0.15) is 12.2 Å². The molecule has 2 aromatic heterocycles. The van der Waals surface area contributed by atoms with Crippen LogP contribution in [0.1, 0.15) is 50.9 Å². The lowest BCUT2D eigenvalue weighted by Crippen LogP contribution is -2.51. The van der Waals surface area contributed by atoms with Crippen molar-refractivity contribution in [3.8, 4) is 11.4 Å². The average molecular weight is 496 g/mol. The molecule has 2 fully saturated rings. The molecule has 0 amide bonds. The van der Waals surface area contributed by atoms with Crippen molar-refractivity contribution in [1.29, 1.82) is 0 Å². The number of para-hydroxylation sites is 1. The van der Waals surface area contributed by atoms with Gasteiger partial charge in [-0.1, -0.05) is 51.1 Å². The molecule has 2 aliphatic heterocycles. The summed E-state index contributed by atoms with van der Waals surface area (Å²) in [6.07, 6.45) is 5.98. The van der Waals surface area contributed by atoms with E-state index < -0.39 is 0 Å². The second kappa shape index (κ2) is 9.88. The number of benzene rings is 2. The Balaban J connectivity index is 1.22. The number of hydrogen-bond acceptors (Lipinski definition) is 6. The maximum Gasteiger partial charge on any atom is 0.138 e. The normalized spacial score (nSPS) is 20.0. The van der Waals surface area contributed by atoms with Crippen LogP contribution in [-0.4, -0.2) is 63.6 Å². The molecule has 2 aromatic carbocycles. The SMILES string of the molecule is CC(C)(C)c1ccc(-c2nc3cccc(N4CCN(C(c5ccncn5)C5CCCN5)CC4)c3[nH]2)cc1. The minimum atomic E-state index is 0.141. The number of aromatic nitrogens is 4. The van der Waals surface area contributed by atoms with Gasteiger partial charge in [-0.25, -0.2) is 15.0 Å². The third-order valence-electron chi connectivity index (χ3n) is 7.96. The standard InChI is InChI=1S/C30H37N7/c1-30(2,3)22-11-9-21(10-12-22)29-34-23-6-4-8-26(27(23)35-29)36-16-18-37(19-17-36)28(24-7-5-14-32-24)25-13-15-31-20-33-25/h4,6,8-13,15,20,24,28,32H,5,7,14,16-19H2,1-3H3,(H,34,35). The number of rotatable bonds is 5. The molecule has 2 aliphatic rings. The number of nitrogens with zero attached hydrogens (tertiary/aromatic N) is 5. The Morgan fingerprint density at radius 3 is 2.46 bits per heavy atom. The molecule has 0 saturated carbocycles. The highest BCUT2D eigenvalue weighted by Gasteiger charge is 2.34. The first-order chi connectivity index (χ1) is 18.0. The minimum Gasteiger partial charge on any atom is -0.367 e. The first kappa shape index (κ1) is 24.1. The lowest BCUT2D eigenvalue weighted by molar-refractivity contribution is 0.151. The van der Waals surface area contributed by atoms with Crippen LogP contribution in [-0.2, 0) is 5.41 Å². The molecule has 0 radical (unpaired) electrons. The third-order valence-corrected chi connectivity index (χ3v) is 7.96. The molecule has 4 heterocycles. The highest BCUT2D eigenvalue weighted by Crippen LogP contribution is 2.33. The summed E-state index contributed by atoms with van der Waals surface area (Å²) < 4.78 is 0. The van der Waals surface area contributed by atoms with Gasteiger partial charge in [0.15, 0.2) is 0 Å². The first-order valence-corrected chi connectivity index (χ1v) is 13.6. The molecule has 37 heavy (non-hydrogen) atoms. The molecule has 7 nitrogen and oxygen atoms in total. The molecular formula is C30H37N7. The van der Waals surface area contributed by atoms with Gasteiger partial charge in [0.2, 0.25) is 0 Å². The van der Waals surface area contributed by atoms with E-state index in [1.54, 1.807) is 6.33 Å². The van der Waals surface area contributed by atoms with Gasteiger partial charge >= 0.3 is 0 Å². The van der Waals surface area contributed by atoms with E-state index in [1.807, 2.05) is 6.20 Å². The predicted molar refractivity (Wildman–Crippen MR) is 150 cm³/mol. The van der Waals surface area contributed by atoms with Gasteiger partial charge in [-0.3, -0.25) is 4.90 Å². The van der Waals surface area contributed by atoms with Gasteiger partial charge in [0.05, 0.1) is 28.5 Å². The van der Waals surface area contributed by atoms with Crippen LogP contribution >= 0.6 is 0 Å². The largest absolute Gasteiger partial charge is 0.367 e. The number of imidazole rings is 1. The van der Waals surface area contributed by atoms with Crippen molar-refractivity contribution in [3.05, 3.63) is 72.3 Å². The quantitative estimate of drug-likeness (QED) is 0.409. The summed E-state index contributed by atoms with van der Waals surface area (Å²) in [6.45, 7) is 11.8. The number of nitrogens with one attached hydrogen (secondary N) is 2. The van der Waals surface area contributed by atoms with E-state index in [9.17, 15) is 0 Å². The maximum absolute atomic E-state index is 4.95. The molecule has 4 aromatic rings. The number of piperazine rings is 1. The van der Waals surface area contributed by atoms with E-state index in [1.165, 1.54) is 24.1 Å². The van der Waals surface area contributed by atoms with Crippen molar-refractivity contribution in [3.63, 3.8) is 0 Å². The number of hydrogen-bond donors (Lipinski definition) is 2. The topological polar surface area (TPSA) is 73.0 Å². The highest BCUT2D eigenvalue weighted by atomic mass is 15.3. The van der Waals surface area contributed by atoms with Crippen molar-refractivity contribution in [2.24, 2.45) is 0 Å². The zero-order chi connectivity index (χ0) is 25.4. The molecule has 2 N–H and O–H groups in total. The van der Waals surface area contributed by atoms with Crippen molar-refractivity contribution in [1.82, 2.24) is 30.2 Å². The molecule has 6 rings (SSSR count). The Hall–Kier alpha value is -3.29. The van der Waals surface area contributed by atoms with Gasteiger partial charge < -0.3 is 15.2 Å². The fourth-order valence-corrected chi connectivity index (χ4v) is 5.89. The Labute approximate surface area is 219 Å². The molecule has 0 bridgehead atoms. The molecule has 2 saturated heterocycles. The van der Waals surface area contributed by atoms with E-state index in [-0.39, 0.29) is 5.41 Å². The minimum absolute atomic E-state index is 0.141. The first-order valence-electron chi connectivity index (χ1n) is 13.6. The second-order valence-electron chi connectivity index (χ2n) is 11.4. The van der Waals surface area contributed by atoms with E-state index in [0.717, 1.165) is 60.8 Å². The van der Waals surface area contributed by atoms with Gasteiger partial charge in [0, 0.05) is 44.0 Å². The lowest BCUT2D eigenvalue weighted by Gasteiger charge is -2.42. The molecule has 2 atom stereocenters. The summed E-state index contributed by atoms with van der Waals surface area (Å²) in [5, 5.41) is 3.72. The molecule has 0 spiro atoms. The second-order valence-corrected chi connectivity index (χ2v) is 11.4. The molecule has 0 aliphatic carbocycles. The zero-order valence-corrected chi connectivity index (χ0v) is 22.1. The van der Waals surface area contributed by atoms with E-state index >= 15 is 0 Å². The molecule has 7 heteroatoms. The molecular weight excluding hydrogens is 458 g/mol. The van der Waals surface area contributed by atoms with Crippen LogP contribution in [0.3, 0.4) is 0 Å². The van der Waals surface area contributed by atoms with Crippen LogP contribution in [0.2, 0.25) is 0 Å². The zero-order valence-electron chi connectivity index (χ0n) is 22.1. The summed E-state index contributed by atoms with van der Waals surface area (Å²) in [6, 6.07) is 18.1. The summed E-state index contributed by atoms with van der Waals surface area (Å²) in [5.74, 6) is 0.928. The van der Waals surface area contributed by atoms with E-state index in [0.29, 0.717) is 12.1 Å². The van der Waals surface area contributed by atoms with Crippen molar-refractivity contribution < 1.29 is 0 Å². The fraction of sp³-hybridized carbons (Fsp3) is 0.433. The van der Waals surface area contributed by atoms with Crippen molar-refractivity contribution in [2.75, 3.05) is 37.6 Å². The van der Waals surface area contributed by atoms with Crippen LogP contribution < -0.4 is 10.2 Å². The van der Waals surface area contributed by atoms with Crippen LogP contribution in [0.15, 0.2) is 61.1 Å². The third kappa shape index (κ3) is 4.86. The number of H-pyrrole nitrogens is 1. The summed E-state index contributed by atoms with van der Waals surface area (Å²) in [5.41, 5.74) is 7.10.